The minimum Gasteiger partial charge on any atom is -0.327 e. The van der Waals surface area contributed by atoms with Crippen LogP contribution in [0, 0.1) is 6.92 Å². The molecule has 80 valence electrons. The van der Waals surface area contributed by atoms with Crippen LogP contribution in [0.25, 0.3) is 0 Å². The van der Waals surface area contributed by atoms with Crippen LogP contribution in [0.3, 0.4) is 0 Å². The summed E-state index contributed by atoms with van der Waals surface area (Å²) in [7, 11) is 0. The van der Waals surface area contributed by atoms with Crippen LogP contribution in [0.4, 0.5) is 5.69 Å². The van der Waals surface area contributed by atoms with Gasteiger partial charge in [-0.25, -0.2) is 0 Å². The molecule has 2 rings (SSSR count). The maximum Gasteiger partial charge on any atom is 0.271 e. The second-order valence-corrected chi connectivity index (χ2v) is 4.31. The number of hydrogen-bond acceptors (Lipinski definition) is 2. The van der Waals surface area contributed by atoms with E-state index in [1.807, 2.05) is 6.92 Å². The van der Waals surface area contributed by atoms with Gasteiger partial charge in [-0.2, -0.15) is 0 Å². The van der Waals surface area contributed by atoms with Crippen molar-refractivity contribution >= 4 is 23.2 Å². The quantitative estimate of drug-likeness (QED) is 0.728. The zero-order valence-corrected chi connectivity index (χ0v) is 9.04. The summed E-state index contributed by atoms with van der Waals surface area (Å²) < 4.78 is 0. The molecule has 1 aliphatic rings. The van der Waals surface area contributed by atoms with Gasteiger partial charge < -0.3 is 9.88 Å². The Morgan fingerprint density at radius 1 is 1.53 bits per heavy atom. The summed E-state index contributed by atoms with van der Waals surface area (Å²) in [5, 5.41) is -0.197. The molecule has 1 N–H and O–H groups in total. The van der Waals surface area contributed by atoms with Gasteiger partial charge in [0.05, 0.1) is 5.38 Å². The number of carbonyl (C=O) groups excluding carboxylic acids is 1. The molecule has 1 fully saturated rings. The summed E-state index contributed by atoms with van der Waals surface area (Å²) in [6.07, 6.45) is 1.92. The van der Waals surface area contributed by atoms with Crippen molar-refractivity contribution in [3.63, 3.8) is 0 Å². The first-order valence-corrected chi connectivity index (χ1v) is 5.15. The molecule has 1 amide bonds. The van der Waals surface area contributed by atoms with Crippen LogP contribution in [0.5, 0.6) is 0 Å². The van der Waals surface area contributed by atoms with Crippen LogP contribution in [-0.2, 0) is 4.79 Å². The molecular formula is C10H11ClN2O2. The number of rotatable bonds is 1. The molecule has 1 aromatic rings. The number of aryl methyl sites for hydroxylation is 1. The van der Waals surface area contributed by atoms with Gasteiger partial charge in [0.2, 0.25) is 5.91 Å². The Kier molecular flexibility index (Phi) is 2.52. The number of amides is 1. The van der Waals surface area contributed by atoms with Crippen LogP contribution in [-0.4, -0.2) is 22.8 Å². The van der Waals surface area contributed by atoms with Crippen molar-refractivity contribution < 1.29 is 4.79 Å². The van der Waals surface area contributed by atoms with Crippen LogP contribution in [0.1, 0.15) is 12.0 Å². The third-order valence-electron chi connectivity index (χ3n) is 2.40. The van der Waals surface area contributed by atoms with E-state index < -0.39 is 0 Å². The first-order valence-electron chi connectivity index (χ1n) is 4.71. The molecule has 1 aromatic heterocycles. The Bertz CT molecular complexity index is 455. The molecule has 2 heterocycles. The number of pyridine rings is 1. The first kappa shape index (κ1) is 10.2. The maximum atomic E-state index is 11.5. The van der Waals surface area contributed by atoms with Crippen molar-refractivity contribution in [3.8, 4) is 0 Å². The standard InChI is InChI=1S/C10H11ClN2O2/c1-6-2-8(10(15)12-4-6)13-5-7(11)3-9(13)14/h2,4,7H,3,5H2,1H3,(H,12,15). The molecule has 1 saturated heterocycles. The van der Waals surface area contributed by atoms with E-state index in [0.29, 0.717) is 18.7 Å². The molecule has 1 atom stereocenters. The lowest BCUT2D eigenvalue weighted by atomic mass is 10.3. The minimum absolute atomic E-state index is 0.0916. The summed E-state index contributed by atoms with van der Waals surface area (Å²) in [6, 6.07) is 1.70. The fourth-order valence-corrected chi connectivity index (χ4v) is 1.94. The Balaban J connectivity index is 2.41. The molecule has 5 heteroatoms. The zero-order valence-electron chi connectivity index (χ0n) is 8.29. The summed E-state index contributed by atoms with van der Waals surface area (Å²) in [5.41, 5.74) is 1.05. The summed E-state index contributed by atoms with van der Waals surface area (Å²) in [5.74, 6) is -0.0916. The smallest absolute Gasteiger partial charge is 0.271 e. The largest absolute Gasteiger partial charge is 0.327 e. The number of carbonyl (C=O) groups is 1. The van der Waals surface area contributed by atoms with Gasteiger partial charge in [0.1, 0.15) is 5.69 Å². The van der Waals surface area contributed by atoms with Crippen molar-refractivity contribution in [2.75, 3.05) is 11.4 Å². The predicted octanol–water partition coefficient (Wildman–Crippen LogP) is 1.03. The lowest BCUT2D eigenvalue weighted by Gasteiger charge is -2.14. The molecule has 0 spiro atoms. The summed E-state index contributed by atoms with van der Waals surface area (Å²) in [4.78, 5) is 27.1. The molecule has 1 aliphatic heterocycles. The van der Waals surface area contributed by atoms with Crippen molar-refractivity contribution in [1.29, 1.82) is 0 Å². The number of H-pyrrole nitrogens is 1. The molecule has 0 radical (unpaired) electrons. The molecular weight excluding hydrogens is 216 g/mol. The van der Waals surface area contributed by atoms with Gasteiger partial charge in [-0.3, -0.25) is 9.59 Å². The van der Waals surface area contributed by atoms with Gasteiger partial charge in [0.25, 0.3) is 5.56 Å². The second-order valence-electron chi connectivity index (χ2n) is 3.70. The van der Waals surface area contributed by atoms with E-state index in [1.54, 1.807) is 12.3 Å². The van der Waals surface area contributed by atoms with Crippen LogP contribution < -0.4 is 10.5 Å². The van der Waals surface area contributed by atoms with Crippen molar-refractivity contribution in [2.45, 2.75) is 18.7 Å². The highest BCUT2D eigenvalue weighted by atomic mass is 35.5. The van der Waals surface area contributed by atoms with Crippen molar-refractivity contribution in [1.82, 2.24) is 4.98 Å². The van der Waals surface area contributed by atoms with E-state index in [2.05, 4.69) is 4.98 Å². The maximum absolute atomic E-state index is 11.5. The van der Waals surface area contributed by atoms with E-state index in [1.165, 1.54) is 4.90 Å². The number of nitrogens with one attached hydrogen (secondary N) is 1. The lowest BCUT2D eigenvalue weighted by Crippen LogP contribution is -2.30. The third-order valence-corrected chi connectivity index (χ3v) is 2.69. The molecule has 0 aromatic carbocycles. The Labute approximate surface area is 91.9 Å². The SMILES string of the molecule is Cc1c[nH]c(=O)c(N2CC(Cl)CC2=O)c1. The zero-order chi connectivity index (χ0) is 11.0. The van der Waals surface area contributed by atoms with Crippen LogP contribution in [0.2, 0.25) is 0 Å². The lowest BCUT2D eigenvalue weighted by molar-refractivity contribution is -0.117. The minimum atomic E-state index is -0.250. The van der Waals surface area contributed by atoms with Gasteiger partial charge >= 0.3 is 0 Å². The van der Waals surface area contributed by atoms with E-state index in [-0.39, 0.29) is 16.8 Å². The Hall–Kier alpha value is -1.29. The van der Waals surface area contributed by atoms with E-state index in [0.717, 1.165) is 5.56 Å². The summed E-state index contributed by atoms with van der Waals surface area (Å²) >= 11 is 5.87. The monoisotopic (exact) mass is 226 g/mol. The third kappa shape index (κ3) is 1.90. The van der Waals surface area contributed by atoms with Gasteiger partial charge in [0, 0.05) is 19.2 Å². The van der Waals surface area contributed by atoms with E-state index >= 15 is 0 Å². The fourth-order valence-electron chi connectivity index (χ4n) is 1.67. The molecule has 0 aliphatic carbocycles. The van der Waals surface area contributed by atoms with Gasteiger partial charge in [-0.05, 0) is 18.6 Å². The number of alkyl halides is 1. The Morgan fingerprint density at radius 3 is 2.87 bits per heavy atom. The Morgan fingerprint density at radius 2 is 2.27 bits per heavy atom. The normalized spacial score (nSPS) is 21.1. The number of anilines is 1. The number of aromatic amines is 1. The highest BCUT2D eigenvalue weighted by Crippen LogP contribution is 2.21. The number of aromatic nitrogens is 1. The number of nitrogens with zero attached hydrogens (tertiary/aromatic N) is 1. The number of halogens is 1. The van der Waals surface area contributed by atoms with Crippen LogP contribution >= 0.6 is 11.6 Å². The van der Waals surface area contributed by atoms with Crippen LogP contribution in [0.15, 0.2) is 17.1 Å². The average molecular weight is 227 g/mol. The molecule has 15 heavy (non-hydrogen) atoms. The van der Waals surface area contributed by atoms with Gasteiger partial charge in [0.15, 0.2) is 0 Å². The molecule has 1 unspecified atom stereocenters. The molecule has 4 nitrogen and oxygen atoms in total. The van der Waals surface area contributed by atoms with Crippen molar-refractivity contribution in [2.24, 2.45) is 0 Å². The predicted molar refractivity (Wildman–Crippen MR) is 58.4 cm³/mol. The highest BCUT2D eigenvalue weighted by molar-refractivity contribution is 6.24. The summed E-state index contributed by atoms with van der Waals surface area (Å²) in [6.45, 7) is 2.27. The first-order chi connectivity index (χ1) is 7.08. The molecule has 0 saturated carbocycles. The average Bonchev–Trinajstić information content (AvgIpc) is 2.50. The van der Waals surface area contributed by atoms with Gasteiger partial charge in [-0.15, -0.1) is 11.6 Å². The topological polar surface area (TPSA) is 53.2 Å². The number of hydrogen-bond donors (Lipinski definition) is 1. The highest BCUT2D eigenvalue weighted by Gasteiger charge is 2.30. The van der Waals surface area contributed by atoms with Crippen molar-refractivity contribution in [3.05, 3.63) is 28.2 Å². The van der Waals surface area contributed by atoms with E-state index in [9.17, 15) is 9.59 Å². The van der Waals surface area contributed by atoms with Gasteiger partial charge in [-0.1, -0.05) is 0 Å². The van der Waals surface area contributed by atoms with E-state index in [4.69, 9.17) is 11.6 Å². The molecule has 0 bridgehead atoms. The fraction of sp³-hybridized carbons (Fsp3) is 0.400. The second kappa shape index (κ2) is 3.70.